The summed E-state index contributed by atoms with van der Waals surface area (Å²) in [4.78, 5) is 35.0. The highest BCUT2D eigenvalue weighted by Gasteiger charge is 2.26. The Morgan fingerprint density at radius 2 is 2.05 bits per heavy atom. The van der Waals surface area contributed by atoms with Gasteiger partial charge in [0, 0.05) is 0 Å². The zero-order valence-electron chi connectivity index (χ0n) is 11.8. The summed E-state index contributed by atoms with van der Waals surface area (Å²) in [6.45, 7) is 0. The van der Waals surface area contributed by atoms with E-state index in [4.69, 9.17) is 4.74 Å². The van der Waals surface area contributed by atoms with Gasteiger partial charge >= 0.3 is 5.97 Å². The van der Waals surface area contributed by atoms with Gasteiger partial charge in [-0.05, 0) is 48.4 Å². The van der Waals surface area contributed by atoms with Crippen molar-refractivity contribution in [1.29, 1.82) is 0 Å². The molecule has 0 spiro atoms. The molecule has 2 aliphatic rings. The molecule has 1 heterocycles. The van der Waals surface area contributed by atoms with Crippen molar-refractivity contribution < 1.29 is 19.1 Å². The minimum Gasteiger partial charge on any atom is -0.426 e. The summed E-state index contributed by atoms with van der Waals surface area (Å²) in [5, 5.41) is 1.83. The maximum Gasteiger partial charge on any atom is 0.314 e. The second-order valence-electron chi connectivity index (χ2n) is 5.33. The van der Waals surface area contributed by atoms with Gasteiger partial charge in [-0.15, -0.1) is 0 Å². The highest BCUT2D eigenvalue weighted by molar-refractivity contribution is 8.18. The van der Waals surface area contributed by atoms with Gasteiger partial charge in [-0.25, -0.2) is 0 Å². The van der Waals surface area contributed by atoms with Gasteiger partial charge in [0.25, 0.3) is 11.1 Å². The fourth-order valence-corrected chi connectivity index (χ4v) is 3.28. The van der Waals surface area contributed by atoms with Crippen molar-refractivity contribution in [3.8, 4) is 5.75 Å². The van der Waals surface area contributed by atoms with E-state index in [1.54, 1.807) is 30.3 Å². The monoisotopic (exact) mass is 317 g/mol. The van der Waals surface area contributed by atoms with Gasteiger partial charge in [0.1, 0.15) is 5.75 Å². The molecule has 3 rings (SSSR count). The number of ether oxygens (including phenoxy) is 1. The summed E-state index contributed by atoms with van der Waals surface area (Å²) in [7, 11) is 0. The lowest BCUT2D eigenvalue weighted by Crippen LogP contribution is -2.18. The summed E-state index contributed by atoms with van der Waals surface area (Å²) in [5.41, 5.74) is 0.712. The number of imide groups is 1. The number of nitrogens with one attached hydrogen (secondary N) is 1. The maximum atomic E-state index is 12.0. The lowest BCUT2D eigenvalue weighted by Gasteiger charge is -2.09. The van der Waals surface area contributed by atoms with Crippen molar-refractivity contribution >= 4 is 35.0 Å². The molecule has 1 aliphatic heterocycles. The molecule has 0 aromatic heterocycles. The number of rotatable bonds is 3. The zero-order chi connectivity index (χ0) is 15.5. The van der Waals surface area contributed by atoms with Gasteiger partial charge in [0.15, 0.2) is 0 Å². The molecule has 1 saturated heterocycles. The molecule has 0 radical (unpaired) electrons. The van der Waals surface area contributed by atoms with E-state index in [0.29, 0.717) is 16.2 Å². The number of esters is 1. The maximum absolute atomic E-state index is 12.0. The third kappa shape index (κ3) is 3.39. The van der Waals surface area contributed by atoms with Crippen LogP contribution >= 0.6 is 11.8 Å². The molecule has 0 unspecified atom stereocenters. The highest BCUT2D eigenvalue weighted by Crippen LogP contribution is 2.28. The third-order valence-electron chi connectivity index (χ3n) is 3.70. The first-order valence-corrected chi connectivity index (χ1v) is 8.00. The third-order valence-corrected chi connectivity index (χ3v) is 4.52. The predicted octanol–water partition coefficient (Wildman–Crippen LogP) is 3.11. The van der Waals surface area contributed by atoms with E-state index in [0.717, 1.165) is 37.4 Å². The molecule has 22 heavy (non-hydrogen) atoms. The number of benzene rings is 1. The van der Waals surface area contributed by atoms with E-state index in [1.807, 2.05) is 0 Å². The fourth-order valence-electron chi connectivity index (χ4n) is 2.60. The minimum absolute atomic E-state index is 0.00389. The summed E-state index contributed by atoms with van der Waals surface area (Å²) in [6.07, 6.45) is 5.54. The summed E-state index contributed by atoms with van der Waals surface area (Å²) >= 11 is 0.862. The van der Waals surface area contributed by atoms with Crippen LogP contribution in [0.1, 0.15) is 31.2 Å². The van der Waals surface area contributed by atoms with Gasteiger partial charge in [-0.3, -0.25) is 19.7 Å². The Kier molecular flexibility index (Phi) is 4.29. The number of amides is 2. The second-order valence-corrected chi connectivity index (χ2v) is 6.34. The van der Waals surface area contributed by atoms with Gasteiger partial charge in [0.2, 0.25) is 0 Å². The van der Waals surface area contributed by atoms with Crippen LogP contribution in [0.2, 0.25) is 0 Å². The van der Waals surface area contributed by atoms with E-state index in [-0.39, 0.29) is 17.1 Å². The van der Waals surface area contributed by atoms with Crippen LogP contribution in [0.25, 0.3) is 6.08 Å². The molecule has 2 fully saturated rings. The van der Waals surface area contributed by atoms with E-state index >= 15 is 0 Å². The van der Waals surface area contributed by atoms with Gasteiger partial charge in [-0.2, -0.15) is 0 Å². The standard InChI is InChI=1S/C16H15NO4S/c18-14-13(22-16(20)17-14)9-10-4-3-7-12(8-10)21-15(19)11-5-1-2-6-11/h3-4,7-9,11H,1-2,5-6H2,(H,17,18,20)/b13-9-. The number of carbonyl (C=O) groups excluding carboxylic acids is 3. The Morgan fingerprint density at radius 1 is 1.27 bits per heavy atom. The van der Waals surface area contributed by atoms with E-state index in [1.165, 1.54) is 0 Å². The Balaban J connectivity index is 1.72. The molecule has 114 valence electrons. The van der Waals surface area contributed by atoms with Crippen LogP contribution < -0.4 is 10.1 Å². The first-order valence-electron chi connectivity index (χ1n) is 7.18. The van der Waals surface area contributed by atoms with Crippen molar-refractivity contribution in [2.45, 2.75) is 25.7 Å². The van der Waals surface area contributed by atoms with Crippen molar-refractivity contribution in [2.24, 2.45) is 5.92 Å². The lowest BCUT2D eigenvalue weighted by molar-refractivity contribution is -0.138. The van der Waals surface area contributed by atoms with Gasteiger partial charge in [-0.1, -0.05) is 25.0 Å². The second kappa shape index (κ2) is 6.36. The smallest absolute Gasteiger partial charge is 0.314 e. The summed E-state index contributed by atoms with van der Waals surface area (Å²) in [6, 6.07) is 6.94. The largest absolute Gasteiger partial charge is 0.426 e. The fraction of sp³-hybridized carbons (Fsp3) is 0.312. The molecule has 1 aromatic rings. The van der Waals surface area contributed by atoms with Crippen LogP contribution in [0.15, 0.2) is 29.2 Å². The van der Waals surface area contributed by atoms with Crippen LogP contribution in [0.3, 0.4) is 0 Å². The first-order chi connectivity index (χ1) is 10.6. The van der Waals surface area contributed by atoms with Crippen molar-refractivity contribution in [3.05, 3.63) is 34.7 Å². The first kappa shape index (κ1) is 14.8. The van der Waals surface area contributed by atoms with Gasteiger partial charge in [0.05, 0.1) is 10.8 Å². The molecule has 1 saturated carbocycles. The van der Waals surface area contributed by atoms with Crippen LogP contribution in [0.4, 0.5) is 4.79 Å². The van der Waals surface area contributed by atoms with E-state index in [2.05, 4.69) is 5.32 Å². The Bertz CT molecular complexity index is 662. The van der Waals surface area contributed by atoms with Crippen molar-refractivity contribution in [3.63, 3.8) is 0 Å². The average molecular weight is 317 g/mol. The molecule has 0 atom stereocenters. The molecule has 2 amide bonds. The molecular weight excluding hydrogens is 302 g/mol. The highest BCUT2D eigenvalue weighted by atomic mass is 32.2. The summed E-state index contributed by atoms with van der Waals surface area (Å²) in [5.74, 6) is -0.134. The zero-order valence-corrected chi connectivity index (χ0v) is 12.7. The quantitative estimate of drug-likeness (QED) is 0.527. The average Bonchev–Trinajstić information content (AvgIpc) is 3.10. The number of hydrogen-bond donors (Lipinski definition) is 1. The Hall–Kier alpha value is -2.08. The molecule has 0 bridgehead atoms. The Morgan fingerprint density at radius 3 is 2.73 bits per heavy atom. The normalized spacial score (nSPS) is 20.5. The van der Waals surface area contributed by atoms with Crippen molar-refractivity contribution in [2.75, 3.05) is 0 Å². The Labute approximate surface area is 132 Å². The van der Waals surface area contributed by atoms with E-state index < -0.39 is 5.91 Å². The SMILES string of the molecule is O=C1NC(=O)/C(=C/c2cccc(OC(=O)C3CCCC3)c2)S1. The van der Waals surface area contributed by atoms with Crippen LogP contribution in [0.5, 0.6) is 5.75 Å². The van der Waals surface area contributed by atoms with E-state index in [9.17, 15) is 14.4 Å². The molecule has 1 aliphatic carbocycles. The molecule has 5 nitrogen and oxygen atoms in total. The van der Waals surface area contributed by atoms with Crippen LogP contribution in [-0.4, -0.2) is 17.1 Å². The van der Waals surface area contributed by atoms with Crippen LogP contribution in [0, 0.1) is 5.92 Å². The van der Waals surface area contributed by atoms with Gasteiger partial charge < -0.3 is 4.74 Å². The van der Waals surface area contributed by atoms with Crippen molar-refractivity contribution in [1.82, 2.24) is 5.32 Å². The molecule has 1 aromatic carbocycles. The molecular formula is C16H15NO4S. The minimum atomic E-state index is -0.400. The molecule has 6 heteroatoms. The molecule has 1 N–H and O–H groups in total. The van der Waals surface area contributed by atoms with Crippen LogP contribution in [-0.2, 0) is 9.59 Å². The topological polar surface area (TPSA) is 72.5 Å². The summed E-state index contributed by atoms with van der Waals surface area (Å²) < 4.78 is 5.41. The predicted molar refractivity (Wildman–Crippen MR) is 83.1 cm³/mol. The number of carbonyl (C=O) groups is 3. The number of hydrogen-bond acceptors (Lipinski definition) is 5. The lowest BCUT2D eigenvalue weighted by atomic mass is 10.1. The number of thioether (sulfide) groups is 1.